The molecule has 2 aromatic rings. The van der Waals surface area contributed by atoms with Crippen LogP contribution in [0.5, 0.6) is 11.5 Å². The number of rotatable bonds is 10. The number of nitrogens with one attached hydrogen (secondary N) is 2. The lowest BCUT2D eigenvalue weighted by molar-refractivity contribution is -0.123. The highest BCUT2D eigenvalue weighted by atomic mass is 16.5. The molecule has 0 spiro atoms. The molecule has 0 saturated heterocycles. The van der Waals surface area contributed by atoms with Crippen LogP contribution >= 0.6 is 0 Å². The van der Waals surface area contributed by atoms with Crippen LogP contribution in [0.1, 0.15) is 43.1 Å². The van der Waals surface area contributed by atoms with Crippen molar-refractivity contribution < 1.29 is 19.1 Å². The van der Waals surface area contributed by atoms with Crippen molar-refractivity contribution >= 4 is 18.0 Å². The summed E-state index contributed by atoms with van der Waals surface area (Å²) in [7, 11) is 1.56. The van der Waals surface area contributed by atoms with Crippen LogP contribution in [0.15, 0.2) is 53.6 Å². The summed E-state index contributed by atoms with van der Waals surface area (Å²) in [6.07, 6.45) is 2.43. The van der Waals surface area contributed by atoms with Crippen LogP contribution in [0.25, 0.3) is 0 Å². The summed E-state index contributed by atoms with van der Waals surface area (Å²) in [6.45, 7) is 6.35. The summed E-state index contributed by atoms with van der Waals surface area (Å²) in [4.78, 5) is 25.1. The molecule has 0 bridgehead atoms. The molecular weight excluding hydrogens is 382 g/mol. The van der Waals surface area contributed by atoms with E-state index in [4.69, 9.17) is 9.47 Å². The van der Waals surface area contributed by atoms with Gasteiger partial charge in [-0.1, -0.05) is 32.9 Å². The Labute approximate surface area is 177 Å². The molecule has 0 heterocycles. The summed E-state index contributed by atoms with van der Waals surface area (Å²) in [6, 6.07) is 13.4. The fourth-order valence-electron chi connectivity index (χ4n) is 2.67. The summed E-state index contributed by atoms with van der Waals surface area (Å²) in [5, 5.41) is 6.81. The van der Waals surface area contributed by atoms with Crippen molar-refractivity contribution in [2.75, 3.05) is 13.7 Å². The van der Waals surface area contributed by atoms with Gasteiger partial charge in [0.1, 0.15) is 17.5 Å². The van der Waals surface area contributed by atoms with Crippen molar-refractivity contribution in [2.45, 2.75) is 33.2 Å². The Morgan fingerprint density at radius 3 is 2.43 bits per heavy atom. The third-order valence-corrected chi connectivity index (χ3v) is 4.35. The van der Waals surface area contributed by atoms with Crippen molar-refractivity contribution in [2.24, 2.45) is 11.0 Å². The van der Waals surface area contributed by atoms with Gasteiger partial charge in [-0.05, 0) is 48.7 Å². The molecule has 0 aromatic heterocycles. The smallest absolute Gasteiger partial charge is 0.262 e. The standard InChI is InChI=1S/C23H29N3O4/c1-5-14-30-20-9-7-6-8-18(20)15-24-26-23(28)21(16(2)3)25-22(27)17-10-12-19(29-4)13-11-17/h6-13,15-16,21H,5,14H2,1-4H3,(H,25,27)(H,26,28). The van der Waals surface area contributed by atoms with E-state index in [1.807, 2.05) is 45.0 Å². The van der Waals surface area contributed by atoms with Gasteiger partial charge in [-0.2, -0.15) is 5.10 Å². The van der Waals surface area contributed by atoms with Crippen molar-refractivity contribution in [3.8, 4) is 11.5 Å². The predicted octanol–water partition coefficient (Wildman–Crippen LogP) is 3.39. The molecule has 0 fully saturated rings. The van der Waals surface area contributed by atoms with E-state index in [-0.39, 0.29) is 11.8 Å². The number of hydrogen-bond acceptors (Lipinski definition) is 5. The van der Waals surface area contributed by atoms with Gasteiger partial charge in [0.05, 0.1) is 19.9 Å². The van der Waals surface area contributed by atoms with Gasteiger partial charge in [0.15, 0.2) is 0 Å². The second-order valence-corrected chi connectivity index (χ2v) is 7.04. The van der Waals surface area contributed by atoms with Gasteiger partial charge in [-0.3, -0.25) is 9.59 Å². The zero-order valence-electron chi connectivity index (χ0n) is 17.8. The number of hydrazone groups is 1. The third kappa shape index (κ3) is 6.62. The van der Waals surface area contributed by atoms with E-state index < -0.39 is 11.9 Å². The summed E-state index contributed by atoms with van der Waals surface area (Å²) in [5.41, 5.74) is 3.71. The molecule has 0 aliphatic carbocycles. The zero-order valence-corrected chi connectivity index (χ0v) is 17.8. The highest BCUT2D eigenvalue weighted by molar-refractivity contribution is 5.97. The quantitative estimate of drug-likeness (QED) is 0.463. The molecule has 2 rings (SSSR count). The molecule has 0 aliphatic rings. The van der Waals surface area contributed by atoms with Crippen LogP contribution in [0.4, 0.5) is 0 Å². The lowest BCUT2D eigenvalue weighted by Gasteiger charge is -2.20. The van der Waals surface area contributed by atoms with Crippen LogP contribution < -0.4 is 20.2 Å². The van der Waals surface area contributed by atoms with Crippen molar-refractivity contribution in [3.05, 3.63) is 59.7 Å². The molecule has 2 N–H and O–H groups in total. The Morgan fingerprint density at radius 1 is 1.10 bits per heavy atom. The van der Waals surface area contributed by atoms with Gasteiger partial charge in [0, 0.05) is 11.1 Å². The van der Waals surface area contributed by atoms with E-state index in [0.717, 1.165) is 12.0 Å². The van der Waals surface area contributed by atoms with Crippen LogP contribution in [-0.4, -0.2) is 37.8 Å². The first-order valence-corrected chi connectivity index (χ1v) is 9.96. The molecule has 1 unspecified atom stereocenters. The van der Waals surface area contributed by atoms with Crippen LogP contribution in [-0.2, 0) is 4.79 Å². The topological polar surface area (TPSA) is 89.0 Å². The largest absolute Gasteiger partial charge is 0.497 e. The summed E-state index contributed by atoms with van der Waals surface area (Å²) >= 11 is 0. The van der Waals surface area contributed by atoms with Crippen molar-refractivity contribution in [3.63, 3.8) is 0 Å². The maximum absolute atomic E-state index is 12.6. The summed E-state index contributed by atoms with van der Waals surface area (Å²) in [5.74, 6) is 0.499. The fraction of sp³-hybridized carbons (Fsp3) is 0.348. The number of carbonyl (C=O) groups excluding carboxylic acids is 2. The van der Waals surface area contributed by atoms with Gasteiger partial charge in [0.25, 0.3) is 11.8 Å². The number of benzene rings is 2. The Bertz CT molecular complexity index is 863. The molecule has 0 radical (unpaired) electrons. The molecule has 7 nitrogen and oxygen atoms in total. The van der Waals surface area contributed by atoms with E-state index in [1.54, 1.807) is 31.4 Å². The Kier molecular flexibility index (Phi) is 8.87. The average molecular weight is 412 g/mol. The first-order valence-electron chi connectivity index (χ1n) is 9.96. The number of para-hydroxylation sites is 1. The first kappa shape index (κ1) is 22.9. The maximum atomic E-state index is 12.6. The van der Waals surface area contributed by atoms with Crippen molar-refractivity contribution in [1.82, 2.24) is 10.7 Å². The van der Waals surface area contributed by atoms with Gasteiger partial charge in [-0.15, -0.1) is 0 Å². The Balaban J connectivity index is 2.01. The van der Waals surface area contributed by atoms with Crippen molar-refractivity contribution in [1.29, 1.82) is 0 Å². The molecular formula is C23H29N3O4. The second kappa shape index (κ2) is 11.6. The number of methoxy groups -OCH3 is 1. The van der Waals surface area contributed by atoms with E-state index in [9.17, 15) is 9.59 Å². The Hall–Kier alpha value is -3.35. The van der Waals surface area contributed by atoms with E-state index >= 15 is 0 Å². The van der Waals surface area contributed by atoms with Gasteiger partial charge >= 0.3 is 0 Å². The predicted molar refractivity (Wildman–Crippen MR) is 117 cm³/mol. The first-order chi connectivity index (χ1) is 14.5. The minimum atomic E-state index is -0.733. The number of carbonyl (C=O) groups is 2. The van der Waals surface area contributed by atoms with E-state index in [2.05, 4.69) is 15.8 Å². The lowest BCUT2D eigenvalue weighted by Crippen LogP contribution is -2.48. The number of nitrogens with zero attached hydrogens (tertiary/aromatic N) is 1. The molecule has 160 valence electrons. The van der Waals surface area contributed by atoms with Gasteiger partial charge in [0.2, 0.25) is 0 Å². The second-order valence-electron chi connectivity index (χ2n) is 7.04. The summed E-state index contributed by atoms with van der Waals surface area (Å²) < 4.78 is 10.8. The SMILES string of the molecule is CCCOc1ccccc1C=NNC(=O)C(NC(=O)c1ccc(OC)cc1)C(C)C. The van der Waals surface area contributed by atoms with Crippen LogP contribution in [0.2, 0.25) is 0 Å². The molecule has 0 saturated carbocycles. The van der Waals surface area contributed by atoms with Gasteiger partial charge < -0.3 is 14.8 Å². The minimum absolute atomic E-state index is 0.123. The number of ether oxygens (including phenoxy) is 2. The van der Waals surface area contributed by atoms with Gasteiger partial charge in [-0.25, -0.2) is 5.43 Å². The van der Waals surface area contributed by atoms with E-state index in [1.165, 1.54) is 6.21 Å². The number of hydrogen-bond donors (Lipinski definition) is 2. The van der Waals surface area contributed by atoms with Crippen LogP contribution in [0.3, 0.4) is 0 Å². The Morgan fingerprint density at radius 2 is 1.80 bits per heavy atom. The maximum Gasteiger partial charge on any atom is 0.262 e. The minimum Gasteiger partial charge on any atom is -0.497 e. The monoisotopic (exact) mass is 411 g/mol. The average Bonchev–Trinajstić information content (AvgIpc) is 2.76. The molecule has 7 heteroatoms. The molecule has 0 aliphatic heterocycles. The van der Waals surface area contributed by atoms with Crippen LogP contribution in [0, 0.1) is 5.92 Å². The molecule has 2 aromatic carbocycles. The lowest BCUT2D eigenvalue weighted by atomic mass is 10.0. The normalized spacial score (nSPS) is 11.9. The number of amides is 2. The third-order valence-electron chi connectivity index (χ3n) is 4.35. The molecule has 2 amide bonds. The van der Waals surface area contributed by atoms with E-state index in [0.29, 0.717) is 23.7 Å². The highest BCUT2D eigenvalue weighted by Crippen LogP contribution is 2.16. The highest BCUT2D eigenvalue weighted by Gasteiger charge is 2.24. The molecule has 1 atom stereocenters. The molecule has 30 heavy (non-hydrogen) atoms. The fourth-order valence-corrected chi connectivity index (χ4v) is 2.67. The zero-order chi connectivity index (χ0) is 21.9.